The van der Waals surface area contributed by atoms with E-state index in [1.54, 1.807) is 7.11 Å². The number of aromatic nitrogens is 3. The fourth-order valence-corrected chi connectivity index (χ4v) is 4.03. The number of nitrogens with zero attached hydrogens (tertiary/aromatic N) is 3. The zero-order valence-electron chi connectivity index (χ0n) is 16.0. The van der Waals surface area contributed by atoms with Gasteiger partial charge in [-0.1, -0.05) is 47.7 Å². The van der Waals surface area contributed by atoms with Crippen molar-refractivity contribution < 1.29 is 9.47 Å². The van der Waals surface area contributed by atoms with Gasteiger partial charge in [-0.15, -0.1) is 0 Å². The quantitative estimate of drug-likeness (QED) is 0.399. The molecule has 5 aromatic rings. The van der Waals surface area contributed by atoms with Gasteiger partial charge < -0.3 is 20.5 Å². The highest BCUT2D eigenvalue weighted by atomic mass is 32.1. The van der Waals surface area contributed by atoms with E-state index in [2.05, 4.69) is 20.3 Å². The SMILES string of the molecule is COc1ccc2nc(Nc3ncnc(Oc4cccc5ccccc45)c3N)sc2c1. The zero-order valence-corrected chi connectivity index (χ0v) is 16.8. The Balaban J connectivity index is 1.46. The van der Waals surface area contributed by atoms with Crippen molar-refractivity contribution in [2.24, 2.45) is 0 Å². The molecule has 0 fully saturated rings. The van der Waals surface area contributed by atoms with Gasteiger partial charge in [0.2, 0.25) is 5.88 Å². The van der Waals surface area contributed by atoms with Crippen LogP contribution in [0.3, 0.4) is 0 Å². The highest BCUT2D eigenvalue weighted by Crippen LogP contribution is 2.36. The molecule has 0 aliphatic heterocycles. The molecule has 0 spiro atoms. The summed E-state index contributed by atoms with van der Waals surface area (Å²) < 4.78 is 12.3. The standard InChI is InChI=1S/C22H17N5O2S/c1-28-14-9-10-16-18(11-14)30-22(26-16)27-20-19(23)21(25-12-24-20)29-17-8-4-6-13-5-2-3-7-15(13)17/h2-12H,23H2,1H3,(H,24,25,26,27). The normalized spacial score (nSPS) is 11.0. The second-order valence-corrected chi connectivity index (χ2v) is 7.53. The summed E-state index contributed by atoms with van der Waals surface area (Å²) in [5, 5.41) is 5.89. The number of hydrogen-bond donors (Lipinski definition) is 2. The third-order valence-electron chi connectivity index (χ3n) is 4.62. The molecule has 30 heavy (non-hydrogen) atoms. The van der Waals surface area contributed by atoms with Gasteiger partial charge in [-0.2, -0.15) is 4.98 Å². The van der Waals surface area contributed by atoms with E-state index >= 15 is 0 Å². The summed E-state index contributed by atoms with van der Waals surface area (Å²) in [5.74, 6) is 2.18. The van der Waals surface area contributed by atoms with Gasteiger partial charge in [0.25, 0.3) is 0 Å². The summed E-state index contributed by atoms with van der Waals surface area (Å²) in [6.45, 7) is 0. The first-order valence-corrected chi connectivity index (χ1v) is 10.0. The molecule has 0 amide bonds. The maximum Gasteiger partial charge on any atom is 0.248 e. The number of benzene rings is 3. The number of nitrogens with two attached hydrogens (primary N) is 1. The van der Waals surface area contributed by atoms with E-state index in [1.165, 1.54) is 17.7 Å². The smallest absolute Gasteiger partial charge is 0.248 e. The van der Waals surface area contributed by atoms with Crippen LogP contribution in [0, 0.1) is 0 Å². The molecule has 0 saturated heterocycles. The van der Waals surface area contributed by atoms with Crippen LogP contribution in [0.25, 0.3) is 21.0 Å². The van der Waals surface area contributed by atoms with Crippen LogP contribution in [0.15, 0.2) is 67.0 Å². The molecule has 0 aliphatic carbocycles. The van der Waals surface area contributed by atoms with Crippen molar-refractivity contribution in [2.75, 3.05) is 18.2 Å². The van der Waals surface area contributed by atoms with E-state index < -0.39 is 0 Å². The van der Waals surface area contributed by atoms with Gasteiger partial charge in [-0.3, -0.25) is 0 Å². The molecule has 0 aliphatic rings. The van der Waals surface area contributed by atoms with Crippen molar-refractivity contribution in [2.45, 2.75) is 0 Å². The Kier molecular flexibility index (Phi) is 4.53. The van der Waals surface area contributed by atoms with Gasteiger partial charge in [0, 0.05) is 5.39 Å². The predicted molar refractivity (Wildman–Crippen MR) is 120 cm³/mol. The second-order valence-electron chi connectivity index (χ2n) is 6.50. The van der Waals surface area contributed by atoms with Gasteiger partial charge in [-0.05, 0) is 29.7 Å². The molecule has 0 radical (unpaired) electrons. The lowest BCUT2D eigenvalue weighted by atomic mass is 10.1. The summed E-state index contributed by atoms with van der Waals surface area (Å²) >= 11 is 1.48. The van der Waals surface area contributed by atoms with E-state index in [1.807, 2.05) is 60.7 Å². The van der Waals surface area contributed by atoms with Gasteiger partial charge in [0.1, 0.15) is 23.5 Å². The highest BCUT2D eigenvalue weighted by Gasteiger charge is 2.14. The Hall–Kier alpha value is -3.91. The van der Waals surface area contributed by atoms with Crippen LogP contribution < -0.4 is 20.5 Å². The molecule has 8 heteroatoms. The maximum atomic E-state index is 6.31. The molecule has 0 bridgehead atoms. The maximum absolute atomic E-state index is 6.31. The third-order valence-corrected chi connectivity index (χ3v) is 5.56. The predicted octanol–water partition coefficient (Wildman–Crippen LogP) is 5.37. The van der Waals surface area contributed by atoms with Crippen LogP contribution in [0.5, 0.6) is 17.4 Å². The molecule has 0 unspecified atom stereocenters. The number of anilines is 3. The first kappa shape index (κ1) is 18.1. The fraction of sp³-hybridized carbons (Fsp3) is 0.0455. The van der Waals surface area contributed by atoms with Crippen molar-refractivity contribution in [3.8, 4) is 17.4 Å². The zero-order chi connectivity index (χ0) is 20.5. The molecule has 7 nitrogen and oxygen atoms in total. The van der Waals surface area contributed by atoms with Crippen molar-refractivity contribution in [3.05, 3.63) is 67.0 Å². The lowest BCUT2D eigenvalue weighted by Gasteiger charge is -2.12. The molecular formula is C22H17N5O2S. The molecule has 0 atom stereocenters. The average Bonchev–Trinajstić information content (AvgIpc) is 3.18. The van der Waals surface area contributed by atoms with E-state index in [-0.39, 0.29) is 5.88 Å². The van der Waals surface area contributed by atoms with Gasteiger partial charge in [0.05, 0.1) is 17.3 Å². The number of hydrogen-bond acceptors (Lipinski definition) is 8. The average molecular weight is 415 g/mol. The number of nitrogens with one attached hydrogen (secondary N) is 1. The second kappa shape index (κ2) is 7.49. The number of fused-ring (bicyclic) bond motifs is 2. The van der Waals surface area contributed by atoms with Crippen LogP contribution >= 0.6 is 11.3 Å². The summed E-state index contributed by atoms with van der Waals surface area (Å²) in [6.07, 6.45) is 1.41. The van der Waals surface area contributed by atoms with Crippen LogP contribution in [-0.4, -0.2) is 22.1 Å². The largest absolute Gasteiger partial charge is 0.497 e. The summed E-state index contributed by atoms with van der Waals surface area (Å²) in [6, 6.07) is 19.6. The van der Waals surface area contributed by atoms with Crippen molar-refractivity contribution >= 4 is 49.0 Å². The van der Waals surface area contributed by atoms with Gasteiger partial charge in [-0.25, -0.2) is 9.97 Å². The molecule has 0 saturated carbocycles. The number of rotatable bonds is 5. The first-order valence-electron chi connectivity index (χ1n) is 9.19. The van der Waals surface area contributed by atoms with Crippen LogP contribution in [0.2, 0.25) is 0 Å². The molecule has 5 rings (SSSR count). The van der Waals surface area contributed by atoms with E-state index in [9.17, 15) is 0 Å². The summed E-state index contributed by atoms with van der Waals surface area (Å²) in [5.41, 5.74) is 7.48. The lowest BCUT2D eigenvalue weighted by Crippen LogP contribution is -2.03. The minimum absolute atomic E-state index is 0.284. The van der Waals surface area contributed by atoms with Crippen molar-refractivity contribution in [1.82, 2.24) is 15.0 Å². The molecule has 2 heterocycles. The van der Waals surface area contributed by atoms with Gasteiger partial charge >= 0.3 is 0 Å². The number of ether oxygens (including phenoxy) is 2. The Morgan fingerprint density at radius 2 is 1.87 bits per heavy atom. The molecule has 2 aromatic heterocycles. The molecule has 3 aromatic carbocycles. The Morgan fingerprint density at radius 1 is 1.00 bits per heavy atom. The van der Waals surface area contributed by atoms with Crippen LogP contribution in [-0.2, 0) is 0 Å². The van der Waals surface area contributed by atoms with Crippen molar-refractivity contribution in [1.29, 1.82) is 0 Å². The van der Waals surface area contributed by atoms with Crippen LogP contribution in [0.1, 0.15) is 0 Å². The topological polar surface area (TPSA) is 95.2 Å². The molecule has 3 N–H and O–H groups in total. The van der Waals surface area contributed by atoms with Crippen molar-refractivity contribution in [3.63, 3.8) is 0 Å². The molecular weight excluding hydrogens is 398 g/mol. The Labute approximate surface area is 176 Å². The number of methoxy groups -OCH3 is 1. The summed E-state index contributed by atoms with van der Waals surface area (Å²) in [7, 11) is 1.64. The van der Waals surface area contributed by atoms with Gasteiger partial charge in [0.15, 0.2) is 10.9 Å². The monoisotopic (exact) mass is 415 g/mol. The first-order chi connectivity index (χ1) is 14.7. The van der Waals surface area contributed by atoms with E-state index in [0.717, 1.165) is 26.7 Å². The van der Waals surface area contributed by atoms with E-state index in [4.69, 9.17) is 15.2 Å². The summed E-state index contributed by atoms with van der Waals surface area (Å²) in [4.78, 5) is 13.0. The van der Waals surface area contributed by atoms with E-state index in [0.29, 0.717) is 22.4 Å². The number of thiazole rings is 1. The fourth-order valence-electron chi connectivity index (χ4n) is 3.14. The van der Waals surface area contributed by atoms with Crippen LogP contribution in [0.4, 0.5) is 16.6 Å². The number of nitrogen functional groups attached to an aromatic ring is 1. The molecule has 148 valence electrons. The third kappa shape index (κ3) is 3.33. The lowest BCUT2D eigenvalue weighted by molar-refractivity contribution is 0.415. The minimum Gasteiger partial charge on any atom is -0.497 e. The Bertz CT molecular complexity index is 1360. The Morgan fingerprint density at radius 3 is 2.77 bits per heavy atom. The highest BCUT2D eigenvalue weighted by molar-refractivity contribution is 7.22. The minimum atomic E-state index is 0.284.